The molecule has 0 amide bonds. The van der Waals surface area contributed by atoms with E-state index >= 15 is 0 Å². The molecular weight excluding hydrogens is 216 g/mol. The third-order valence-electron chi connectivity index (χ3n) is 4.52. The van der Waals surface area contributed by atoms with Crippen molar-refractivity contribution in [3.05, 3.63) is 12.7 Å². The highest BCUT2D eigenvalue weighted by atomic mass is 16.5. The van der Waals surface area contributed by atoms with Gasteiger partial charge >= 0.3 is 5.97 Å². The molecule has 0 radical (unpaired) electrons. The minimum Gasteiger partial charge on any atom is -0.465 e. The van der Waals surface area contributed by atoms with Gasteiger partial charge in [0.25, 0.3) is 0 Å². The van der Waals surface area contributed by atoms with Gasteiger partial charge in [-0.3, -0.25) is 9.59 Å². The van der Waals surface area contributed by atoms with Crippen molar-refractivity contribution >= 4 is 11.8 Å². The van der Waals surface area contributed by atoms with E-state index in [1.807, 2.05) is 0 Å². The van der Waals surface area contributed by atoms with E-state index in [4.69, 9.17) is 4.74 Å². The minimum atomic E-state index is -0.908. The molecule has 94 valence electrons. The van der Waals surface area contributed by atoms with Gasteiger partial charge in [-0.05, 0) is 32.1 Å². The lowest BCUT2D eigenvalue weighted by atomic mass is 9.68. The fraction of sp³-hybridized carbons (Fsp3) is 0.714. The first-order chi connectivity index (χ1) is 8.07. The quantitative estimate of drug-likeness (QED) is 0.429. The lowest BCUT2D eigenvalue weighted by Crippen LogP contribution is -2.46. The average molecular weight is 236 g/mol. The third-order valence-corrected chi connectivity index (χ3v) is 4.52. The van der Waals surface area contributed by atoms with Crippen LogP contribution in [0, 0.1) is 23.2 Å². The third kappa shape index (κ3) is 1.55. The van der Waals surface area contributed by atoms with Crippen molar-refractivity contribution in [1.29, 1.82) is 0 Å². The first kappa shape index (κ1) is 12.3. The SMILES string of the molecule is C=C[C@H]1C[C@@H]2C(=O)[C@@]1(C(=O)OCC)CC[C@H]2C. The second kappa shape index (κ2) is 4.28. The molecule has 2 rings (SSSR count). The second-order valence-corrected chi connectivity index (χ2v) is 5.26. The molecule has 0 aliphatic heterocycles. The average Bonchev–Trinajstić information content (AvgIpc) is 2.50. The largest absolute Gasteiger partial charge is 0.465 e. The molecule has 2 saturated carbocycles. The number of ether oxygens (including phenoxy) is 1. The van der Waals surface area contributed by atoms with Crippen LogP contribution in [0.1, 0.15) is 33.1 Å². The summed E-state index contributed by atoms with van der Waals surface area (Å²) >= 11 is 0. The number of carbonyl (C=O) groups excluding carboxylic acids is 2. The van der Waals surface area contributed by atoms with Gasteiger partial charge in [0.1, 0.15) is 5.41 Å². The number of hydrogen-bond acceptors (Lipinski definition) is 3. The van der Waals surface area contributed by atoms with Crippen LogP contribution in [0.4, 0.5) is 0 Å². The summed E-state index contributed by atoms with van der Waals surface area (Å²) in [6, 6.07) is 0. The van der Waals surface area contributed by atoms with E-state index in [1.165, 1.54) is 0 Å². The first-order valence-electron chi connectivity index (χ1n) is 6.42. The lowest BCUT2D eigenvalue weighted by Gasteiger charge is -2.34. The predicted octanol–water partition coefficient (Wildman–Crippen LogP) is 2.36. The molecule has 17 heavy (non-hydrogen) atoms. The molecule has 0 heterocycles. The molecular formula is C14H20O3. The number of hydrogen-bond donors (Lipinski definition) is 0. The van der Waals surface area contributed by atoms with Gasteiger partial charge < -0.3 is 4.74 Å². The molecule has 3 nitrogen and oxygen atoms in total. The summed E-state index contributed by atoms with van der Waals surface area (Å²) in [5.41, 5.74) is -0.908. The molecule has 0 aromatic heterocycles. The molecule has 0 aromatic rings. The highest BCUT2D eigenvalue weighted by molar-refractivity contribution is 6.07. The Morgan fingerprint density at radius 2 is 2.35 bits per heavy atom. The highest BCUT2D eigenvalue weighted by Gasteiger charge is 2.62. The van der Waals surface area contributed by atoms with E-state index in [-0.39, 0.29) is 23.6 Å². The van der Waals surface area contributed by atoms with Crippen molar-refractivity contribution < 1.29 is 14.3 Å². The molecule has 2 aliphatic carbocycles. The molecule has 4 atom stereocenters. The van der Waals surface area contributed by atoms with Gasteiger partial charge in [0, 0.05) is 11.8 Å². The van der Waals surface area contributed by atoms with Crippen LogP contribution in [0.3, 0.4) is 0 Å². The minimum absolute atomic E-state index is 0.0242. The fourth-order valence-electron chi connectivity index (χ4n) is 3.46. The molecule has 0 saturated heterocycles. The number of carbonyl (C=O) groups is 2. The van der Waals surface area contributed by atoms with Gasteiger partial charge in [0.15, 0.2) is 5.78 Å². The van der Waals surface area contributed by atoms with E-state index in [1.54, 1.807) is 13.0 Å². The topological polar surface area (TPSA) is 43.4 Å². The predicted molar refractivity (Wildman–Crippen MR) is 64.3 cm³/mol. The van der Waals surface area contributed by atoms with Crippen molar-refractivity contribution in [2.24, 2.45) is 23.2 Å². The summed E-state index contributed by atoms with van der Waals surface area (Å²) in [5, 5.41) is 0. The van der Waals surface area contributed by atoms with Crippen molar-refractivity contribution in [3.63, 3.8) is 0 Å². The van der Waals surface area contributed by atoms with Crippen molar-refractivity contribution in [3.8, 4) is 0 Å². The summed E-state index contributed by atoms with van der Waals surface area (Å²) in [4.78, 5) is 24.6. The molecule has 2 bridgehead atoms. The van der Waals surface area contributed by atoms with E-state index in [0.717, 1.165) is 12.8 Å². The maximum absolute atomic E-state index is 12.5. The zero-order valence-corrected chi connectivity index (χ0v) is 10.6. The van der Waals surface area contributed by atoms with Crippen molar-refractivity contribution in [2.75, 3.05) is 6.61 Å². The van der Waals surface area contributed by atoms with Gasteiger partial charge in [-0.25, -0.2) is 0 Å². The number of rotatable bonds is 3. The number of ketones is 1. The van der Waals surface area contributed by atoms with Crippen molar-refractivity contribution in [2.45, 2.75) is 33.1 Å². The molecule has 0 N–H and O–H groups in total. The van der Waals surface area contributed by atoms with Gasteiger partial charge in [0.2, 0.25) is 0 Å². The van der Waals surface area contributed by atoms with E-state index in [0.29, 0.717) is 18.9 Å². The lowest BCUT2D eigenvalue weighted by molar-refractivity contribution is -0.163. The summed E-state index contributed by atoms with van der Waals surface area (Å²) in [7, 11) is 0. The Labute approximate surface area is 102 Å². The van der Waals surface area contributed by atoms with Crippen LogP contribution >= 0.6 is 0 Å². The maximum Gasteiger partial charge on any atom is 0.320 e. The zero-order valence-electron chi connectivity index (χ0n) is 10.6. The van der Waals surface area contributed by atoms with Crippen LogP contribution in [0.2, 0.25) is 0 Å². The summed E-state index contributed by atoms with van der Waals surface area (Å²) in [5.74, 6) is 0.138. The normalized spacial score (nSPS) is 40.1. The number of Topliss-reactive ketones (excluding diaryl/α,β-unsaturated/α-hetero) is 1. The molecule has 0 spiro atoms. The van der Waals surface area contributed by atoms with Crippen LogP contribution in [0.15, 0.2) is 12.7 Å². The molecule has 0 unspecified atom stereocenters. The van der Waals surface area contributed by atoms with Crippen LogP contribution in [-0.2, 0) is 14.3 Å². The molecule has 0 aromatic carbocycles. The fourth-order valence-corrected chi connectivity index (χ4v) is 3.46. The Bertz CT molecular complexity index is 360. The Balaban J connectivity index is 2.38. The van der Waals surface area contributed by atoms with E-state index < -0.39 is 5.41 Å². The van der Waals surface area contributed by atoms with Crippen LogP contribution in [-0.4, -0.2) is 18.4 Å². The summed E-state index contributed by atoms with van der Waals surface area (Å²) in [6.45, 7) is 8.00. The van der Waals surface area contributed by atoms with Gasteiger partial charge in [-0.15, -0.1) is 6.58 Å². The molecule has 2 aliphatic rings. The highest BCUT2D eigenvalue weighted by Crippen LogP contribution is 2.55. The van der Waals surface area contributed by atoms with Gasteiger partial charge in [0.05, 0.1) is 6.61 Å². The van der Waals surface area contributed by atoms with Crippen LogP contribution < -0.4 is 0 Å². The van der Waals surface area contributed by atoms with E-state index in [9.17, 15) is 9.59 Å². The van der Waals surface area contributed by atoms with Crippen LogP contribution in [0.25, 0.3) is 0 Å². The first-order valence-corrected chi connectivity index (χ1v) is 6.42. The molecule has 2 fully saturated rings. The number of allylic oxidation sites excluding steroid dienone is 1. The summed E-state index contributed by atoms with van der Waals surface area (Å²) < 4.78 is 5.13. The number of fused-ring (bicyclic) bond motifs is 2. The Morgan fingerprint density at radius 1 is 1.65 bits per heavy atom. The second-order valence-electron chi connectivity index (χ2n) is 5.26. The van der Waals surface area contributed by atoms with Gasteiger partial charge in [-0.1, -0.05) is 13.0 Å². The molecule has 3 heteroatoms. The summed E-state index contributed by atoms with van der Waals surface area (Å²) in [6.07, 6.45) is 4.09. The van der Waals surface area contributed by atoms with Gasteiger partial charge in [-0.2, -0.15) is 0 Å². The Kier molecular flexibility index (Phi) is 3.11. The van der Waals surface area contributed by atoms with E-state index in [2.05, 4.69) is 13.5 Å². The Morgan fingerprint density at radius 3 is 2.94 bits per heavy atom. The monoisotopic (exact) mass is 236 g/mol. The number of esters is 1. The smallest absolute Gasteiger partial charge is 0.320 e. The van der Waals surface area contributed by atoms with Crippen LogP contribution in [0.5, 0.6) is 0 Å². The Hall–Kier alpha value is -1.12. The zero-order chi connectivity index (χ0) is 12.6. The maximum atomic E-state index is 12.5. The van der Waals surface area contributed by atoms with Crippen molar-refractivity contribution in [1.82, 2.24) is 0 Å². The standard InChI is InChI=1S/C14H20O3/c1-4-10-8-11-9(3)6-7-14(10,12(11)15)13(16)17-5-2/h4,9-11H,1,5-8H2,2-3H3/t9-,10+,11+,14-/m1/s1.